The molecule has 2 aromatic carbocycles. The first kappa shape index (κ1) is 33.7. The second kappa shape index (κ2) is 15.5. The molecule has 3 atom stereocenters. The molecule has 0 aromatic heterocycles. The number of amides is 5. The zero-order valence-corrected chi connectivity index (χ0v) is 24.7. The van der Waals surface area contributed by atoms with Gasteiger partial charge in [0.2, 0.25) is 29.4 Å². The molecule has 0 heterocycles. The average molecular weight is 580 g/mol. The maximum Gasteiger partial charge on any atom is 0.290 e. The molecule has 0 aliphatic rings. The first-order valence-corrected chi connectivity index (χ1v) is 13.8. The van der Waals surface area contributed by atoms with Crippen LogP contribution in [0.25, 0.3) is 0 Å². The first-order valence-electron chi connectivity index (χ1n) is 13.8. The average Bonchev–Trinajstić information content (AvgIpc) is 2.92. The molecule has 42 heavy (non-hydrogen) atoms. The zero-order valence-electron chi connectivity index (χ0n) is 24.7. The molecule has 0 aliphatic carbocycles. The van der Waals surface area contributed by atoms with Crippen molar-refractivity contribution in [2.75, 3.05) is 0 Å². The maximum absolute atomic E-state index is 13.3. The summed E-state index contributed by atoms with van der Waals surface area (Å²) in [5, 5.41) is 10.2. The highest BCUT2D eigenvalue weighted by molar-refractivity contribution is 6.38. The number of ketones is 1. The number of carbonyl (C=O) groups excluding carboxylic acids is 6. The number of hydrogen-bond donors (Lipinski definition) is 5. The van der Waals surface area contributed by atoms with Crippen LogP contribution in [0, 0.1) is 5.92 Å². The quantitative estimate of drug-likeness (QED) is 0.196. The van der Waals surface area contributed by atoms with Crippen molar-refractivity contribution in [1.82, 2.24) is 21.3 Å². The van der Waals surface area contributed by atoms with Crippen LogP contribution >= 0.6 is 0 Å². The Morgan fingerprint density at radius 3 is 1.81 bits per heavy atom. The van der Waals surface area contributed by atoms with Crippen molar-refractivity contribution in [3.05, 3.63) is 71.8 Å². The van der Waals surface area contributed by atoms with E-state index in [1.54, 1.807) is 24.3 Å². The number of nitrogens with two attached hydrogens (primary N) is 1. The van der Waals surface area contributed by atoms with Crippen LogP contribution in [0.15, 0.2) is 60.7 Å². The molecule has 0 radical (unpaired) electrons. The lowest BCUT2D eigenvalue weighted by molar-refractivity contribution is -0.142. The fraction of sp³-hybridized carbons (Fsp3) is 0.419. The topological polar surface area (TPSA) is 177 Å². The normalized spacial score (nSPS) is 13.3. The van der Waals surface area contributed by atoms with Crippen molar-refractivity contribution in [3.8, 4) is 0 Å². The van der Waals surface area contributed by atoms with E-state index in [9.17, 15) is 28.8 Å². The second-order valence-electron chi connectivity index (χ2n) is 11.2. The SMILES string of the molecule is CC(C)C[C@H](NC(=O)C(=O)C(C)NC(=O)C(Cc1ccccc1)NC(=O)Cc1ccccc1)C(=O)NC(C)(C)C(N)=O. The summed E-state index contributed by atoms with van der Waals surface area (Å²) >= 11 is 0. The molecule has 0 saturated heterocycles. The molecular formula is C31H41N5O6. The van der Waals surface area contributed by atoms with Crippen LogP contribution in [-0.4, -0.2) is 59.0 Å². The standard InChI is InChI=1S/C31H41N5O6/c1-19(2)16-23(28(40)36-31(4,5)30(32)42)35-29(41)26(38)20(3)33-27(39)24(17-21-12-8-6-9-13-21)34-25(37)18-22-14-10-7-11-15-22/h6-15,19-20,23-24H,16-18H2,1-5H3,(H2,32,42)(H,33,39)(H,34,37)(H,35,41)(H,36,40)/t20?,23-,24?/m0/s1. The summed E-state index contributed by atoms with van der Waals surface area (Å²) < 4.78 is 0. The van der Waals surface area contributed by atoms with E-state index >= 15 is 0 Å². The Balaban J connectivity index is 2.11. The Bertz CT molecular complexity index is 1260. The van der Waals surface area contributed by atoms with Gasteiger partial charge in [-0.25, -0.2) is 0 Å². The lowest BCUT2D eigenvalue weighted by atomic mass is 9.99. The summed E-state index contributed by atoms with van der Waals surface area (Å²) in [7, 11) is 0. The van der Waals surface area contributed by atoms with Crippen molar-refractivity contribution < 1.29 is 28.8 Å². The molecule has 11 heteroatoms. The van der Waals surface area contributed by atoms with E-state index in [0.29, 0.717) is 0 Å². The van der Waals surface area contributed by atoms with Crippen LogP contribution in [0.2, 0.25) is 0 Å². The van der Waals surface area contributed by atoms with Gasteiger partial charge in [0.15, 0.2) is 0 Å². The molecule has 6 N–H and O–H groups in total. The van der Waals surface area contributed by atoms with Gasteiger partial charge in [0.05, 0.1) is 12.5 Å². The number of carbonyl (C=O) groups is 6. The summed E-state index contributed by atoms with van der Waals surface area (Å²) in [6, 6.07) is 14.7. The number of primary amides is 1. The van der Waals surface area contributed by atoms with E-state index in [1.165, 1.54) is 20.8 Å². The zero-order chi connectivity index (χ0) is 31.4. The molecule has 0 aliphatic heterocycles. The molecule has 226 valence electrons. The predicted octanol–water partition coefficient (Wildman–Crippen LogP) is 0.941. The molecule has 0 bridgehead atoms. The van der Waals surface area contributed by atoms with Crippen LogP contribution in [0.1, 0.15) is 52.2 Å². The molecule has 0 spiro atoms. The third-order valence-corrected chi connectivity index (χ3v) is 6.50. The lowest BCUT2D eigenvalue weighted by Gasteiger charge is -2.27. The third-order valence-electron chi connectivity index (χ3n) is 6.50. The van der Waals surface area contributed by atoms with Gasteiger partial charge in [-0.15, -0.1) is 0 Å². The Hall–Kier alpha value is -4.54. The van der Waals surface area contributed by atoms with E-state index in [1.807, 2.05) is 50.2 Å². The van der Waals surface area contributed by atoms with E-state index in [4.69, 9.17) is 5.73 Å². The van der Waals surface area contributed by atoms with Crippen LogP contribution < -0.4 is 27.0 Å². The van der Waals surface area contributed by atoms with Gasteiger partial charge in [-0.1, -0.05) is 74.5 Å². The molecule has 5 amide bonds. The molecule has 2 unspecified atom stereocenters. The Labute approximate surface area is 246 Å². The second-order valence-corrected chi connectivity index (χ2v) is 11.2. The minimum atomic E-state index is -1.37. The van der Waals surface area contributed by atoms with Crippen molar-refractivity contribution >= 4 is 35.3 Å². The van der Waals surface area contributed by atoms with Gasteiger partial charge in [0.25, 0.3) is 5.91 Å². The number of hydrogen-bond acceptors (Lipinski definition) is 6. The van der Waals surface area contributed by atoms with Crippen molar-refractivity contribution in [2.24, 2.45) is 11.7 Å². The van der Waals surface area contributed by atoms with Crippen LogP contribution in [0.4, 0.5) is 0 Å². The smallest absolute Gasteiger partial charge is 0.290 e. The van der Waals surface area contributed by atoms with Crippen molar-refractivity contribution in [1.29, 1.82) is 0 Å². The number of Topliss-reactive ketones (excluding diaryl/α,β-unsaturated/α-hetero) is 1. The summed E-state index contributed by atoms with van der Waals surface area (Å²) in [4.78, 5) is 76.3. The minimum Gasteiger partial charge on any atom is -0.368 e. The van der Waals surface area contributed by atoms with Gasteiger partial charge in [-0.3, -0.25) is 28.8 Å². The van der Waals surface area contributed by atoms with Gasteiger partial charge < -0.3 is 27.0 Å². The Morgan fingerprint density at radius 2 is 1.29 bits per heavy atom. The van der Waals surface area contributed by atoms with Crippen LogP contribution in [0.5, 0.6) is 0 Å². The molecule has 2 rings (SSSR count). The fourth-order valence-corrected chi connectivity index (χ4v) is 4.05. The maximum atomic E-state index is 13.3. The summed E-state index contributed by atoms with van der Waals surface area (Å²) in [5.74, 6) is -4.55. The van der Waals surface area contributed by atoms with Gasteiger partial charge in [-0.05, 0) is 44.2 Å². The minimum absolute atomic E-state index is 0.0387. The molecule has 11 nitrogen and oxygen atoms in total. The molecule has 0 saturated carbocycles. The number of rotatable bonds is 15. The largest absolute Gasteiger partial charge is 0.368 e. The number of benzene rings is 2. The third kappa shape index (κ3) is 10.8. The Kier molecular flexibility index (Phi) is 12.4. The van der Waals surface area contributed by atoms with E-state index < -0.39 is 53.1 Å². The monoisotopic (exact) mass is 579 g/mol. The molecule has 2 aromatic rings. The van der Waals surface area contributed by atoms with E-state index in [0.717, 1.165) is 11.1 Å². The summed E-state index contributed by atoms with van der Waals surface area (Å²) in [5.41, 5.74) is 5.52. The van der Waals surface area contributed by atoms with Gasteiger partial charge in [-0.2, -0.15) is 0 Å². The van der Waals surface area contributed by atoms with Crippen molar-refractivity contribution in [2.45, 2.75) is 77.5 Å². The van der Waals surface area contributed by atoms with Crippen LogP contribution in [0.3, 0.4) is 0 Å². The number of nitrogens with one attached hydrogen (secondary N) is 4. The van der Waals surface area contributed by atoms with E-state index in [-0.39, 0.29) is 31.1 Å². The van der Waals surface area contributed by atoms with Gasteiger partial charge in [0, 0.05) is 6.42 Å². The van der Waals surface area contributed by atoms with Gasteiger partial charge in [0.1, 0.15) is 17.6 Å². The van der Waals surface area contributed by atoms with Crippen LogP contribution in [-0.2, 0) is 41.6 Å². The highest BCUT2D eigenvalue weighted by Crippen LogP contribution is 2.09. The molecular weight excluding hydrogens is 538 g/mol. The fourth-order valence-electron chi connectivity index (χ4n) is 4.05. The van der Waals surface area contributed by atoms with E-state index in [2.05, 4.69) is 21.3 Å². The van der Waals surface area contributed by atoms with Gasteiger partial charge >= 0.3 is 0 Å². The molecule has 0 fully saturated rings. The highest BCUT2D eigenvalue weighted by atomic mass is 16.2. The predicted molar refractivity (Wildman–Crippen MR) is 158 cm³/mol. The first-order chi connectivity index (χ1) is 19.7. The summed E-state index contributed by atoms with van der Waals surface area (Å²) in [6.07, 6.45) is 0.405. The lowest BCUT2D eigenvalue weighted by Crippen LogP contribution is -2.60. The highest BCUT2D eigenvalue weighted by Gasteiger charge is 2.34. The summed E-state index contributed by atoms with van der Waals surface area (Å²) in [6.45, 7) is 7.85. The Morgan fingerprint density at radius 1 is 0.738 bits per heavy atom. The van der Waals surface area contributed by atoms with Crippen molar-refractivity contribution in [3.63, 3.8) is 0 Å².